The fourth-order valence-electron chi connectivity index (χ4n) is 3.88. The Morgan fingerprint density at radius 3 is 2.49 bits per heavy atom. The lowest BCUT2D eigenvalue weighted by molar-refractivity contribution is -0.139. The number of thiazole rings is 1. The molecule has 4 rings (SSSR count). The number of methoxy groups -OCH3 is 2. The summed E-state index contributed by atoms with van der Waals surface area (Å²) in [7, 11) is 3.08. The standard InChI is InChI=1S/C25H22BrIN2O5S/c1-5-34-24(31)21-13(2)28-25-29(22(21)16-11-18(32-3)19(33-4)12-17(16)26)23(30)20(35-25)10-14-6-8-15(27)9-7-14/h6-12,22H,5H2,1-4H3/b20-10-/t22-/m0/s1. The molecule has 7 nitrogen and oxygen atoms in total. The number of hydrogen-bond donors (Lipinski definition) is 0. The normalized spacial score (nSPS) is 15.5. The van der Waals surface area contributed by atoms with Crippen LogP contribution in [0.2, 0.25) is 0 Å². The second-order valence-corrected chi connectivity index (χ2v) is 10.7. The SMILES string of the molecule is CCOC(=O)C1=C(C)N=c2s/c(=C\c3ccc(I)cc3)c(=O)n2[C@H]1c1cc(OC)c(OC)cc1Br. The van der Waals surface area contributed by atoms with Crippen LogP contribution in [0.3, 0.4) is 0 Å². The molecule has 0 spiro atoms. The van der Waals surface area contributed by atoms with Crippen LogP contribution in [0.15, 0.2) is 61.9 Å². The van der Waals surface area contributed by atoms with Crippen molar-refractivity contribution < 1.29 is 19.0 Å². The molecule has 0 bridgehead atoms. The van der Waals surface area contributed by atoms with Crippen LogP contribution in [0, 0.1) is 3.57 Å². The van der Waals surface area contributed by atoms with Crippen LogP contribution < -0.4 is 24.4 Å². The number of rotatable bonds is 6. The first-order chi connectivity index (χ1) is 16.8. The number of halogens is 2. The predicted molar refractivity (Wildman–Crippen MR) is 147 cm³/mol. The number of benzene rings is 2. The van der Waals surface area contributed by atoms with Crippen molar-refractivity contribution >= 4 is 61.9 Å². The summed E-state index contributed by atoms with van der Waals surface area (Å²) in [5.41, 5.74) is 2.11. The maximum atomic E-state index is 13.7. The first kappa shape index (κ1) is 25.6. The Hall–Kier alpha value is -2.44. The van der Waals surface area contributed by atoms with E-state index < -0.39 is 12.0 Å². The second-order valence-electron chi connectivity index (χ2n) is 7.58. The third-order valence-corrected chi connectivity index (χ3v) is 7.87. The summed E-state index contributed by atoms with van der Waals surface area (Å²) in [6, 6.07) is 10.6. The van der Waals surface area contributed by atoms with E-state index in [2.05, 4.69) is 43.5 Å². The molecule has 1 aliphatic rings. The van der Waals surface area contributed by atoms with Crippen LogP contribution in [0.4, 0.5) is 0 Å². The first-order valence-corrected chi connectivity index (χ1v) is 13.3. The molecule has 1 aromatic heterocycles. The lowest BCUT2D eigenvalue weighted by atomic mass is 9.95. The van der Waals surface area contributed by atoms with Crippen LogP contribution in [0.5, 0.6) is 11.5 Å². The number of ether oxygens (including phenoxy) is 3. The smallest absolute Gasteiger partial charge is 0.338 e. The van der Waals surface area contributed by atoms with Crippen molar-refractivity contribution in [1.29, 1.82) is 0 Å². The number of carbonyl (C=O) groups excluding carboxylic acids is 1. The Morgan fingerprint density at radius 1 is 1.20 bits per heavy atom. The molecule has 0 fully saturated rings. The Kier molecular flexibility index (Phi) is 7.82. The molecule has 3 aromatic rings. The topological polar surface area (TPSA) is 79.1 Å². The van der Waals surface area contributed by atoms with Gasteiger partial charge >= 0.3 is 5.97 Å². The van der Waals surface area contributed by atoms with E-state index in [1.165, 1.54) is 18.4 Å². The number of nitrogens with zero attached hydrogens (tertiary/aromatic N) is 2. The minimum Gasteiger partial charge on any atom is -0.493 e. The van der Waals surface area contributed by atoms with E-state index >= 15 is 0 Å². The number of aromatic nitrogens is 1. The summed E-state index contributed by atoms with van der Waals surface area (Å²) >= 11 is 7.13. The lowest BCUT2D eigenvalue weighted by Crippen LogP contribution is -2.40. The molecule has 1 atom stereocenters. The van der Waals surface area contributed by atoms with Gasteiger partial charge in [-0.1, -0.05) is 39.4 Å². The van der Waals surface area contributed by atoms with Crippen molar-refractivity contribution in [3.8, 4) is 11.5 Å². The molecule has 2 aromatic carbocycles. The average Bonchev–Trinajstić information content (AvgIpc) is 3.14. The largest absolute Gasteiger partial charge is 0.493 e. The average molecular weight is 669 g/mol. The van der Waals surface area contributed by atoms with Crippen molar-refractivity contribution in [3.05, 3.63) is 86.5 Å². The highest BCUT2D eigenvalue weighted by Crippen LogP contribution is 2.40. The van der Waals surface area contributed by atoms with Crippen LogP contribution in [0.1, 0.15) is 31.0 Å². The van der Waals surface area contributed by atoms with Gasteiger partial charge in [0.05, 0.1) is 42.7 Å². The van der Waals surface area contributed by atoms with Crippen molar-refractivity contribution in [1.82, 2.24) is 4.57 Å². The van der Waals surface area contributed by atoms with Crippen molar-refractivity contribution in [2.45, 2.75) is 19.9 Å². The Labute approximate surface area is 228 Å². The third kappa shape index (κ3) is 4.96. The van der Waals surface area contributed by atoms with Crippen molar-refractivity contribution in [2.24, 2.45) is 4.99 Å². The van der Waals surface area contributed by atoms with Crippen molar-refractivity contribution in [2.75, 3.05) is 20.8 Å². The highest BCUT2D eigenvalue weighted by atomic mass is 127. The fraction of sp³-hybridized carbons (Fsp3) is 0.240. The molecule has 0 amide bonds. The molecule has 0 saturated heterocycles. The second kappa shape index (κ2) is 10.7. The van der Waals surface area contributed by atoms with Gasteiger partial charge in [0.15, 0.2) is 16.3 Å². The molecule has 1 aliphatic heterocycles. The zero-order valence-electron chi connectivity index (χ0n) is 19.4. The van der Waals surface area contributed by atoms with Gasteiger partial charge in [-0.15, -0.1) is 0 Å². The van der Waals surface area contributed by atoms with E-state index in [1.807, 2.05) is 30.3 Å². The zero-order valence-corrected chi connectivity index (χ0v) is 24.0. The maximum absolute atomic E-state index is 13.7. The summed E-state index contributed by atoms with van der Waals surface area (Å²) < 4.78 is 20.1. The van der Waals surface area contributed by atoms with Crippen molar-refractivity contribution in [3.63, 3.8) is 0 Å². The highest BCUT2D eigenvalue weighted by Gasteiger charge is 2.35. The minimum absolute atomic E-state index is 0.201. The molecule has 2 heterocycles. The van der Waals surface area contributed by atoms with Crippen LogP contribution in [-0.2, 0) is 9.53 Å². The lowest BCUT2D eigenvalue weighted by Gasteiger charge is -2.26. The Morgan fingerprint density at radius 2 is 1.86 bits per heavy atom. The first-order valence-electron chi connectivity index (χ1n) is 10.7. The number of carbonyl (C=O) groups is 1. The van der Waals surface area contributed by atoms with Gasteiger partial charge in [0, 0.05) is 8.04 Å². The summed E-state index contributed by atoms with van der Waals surface area (Å²) in [6.45, 7) is 3.70. The summed E-state index contributed by atoms with van der Waals surface area (Å²) in [5.74, 6) is 0.476. The number of allylic oxidation sites excluding steroid dienone is 1. The van der Waals surface area contributed by atoms with Gasteiger partial charge < -0.3 is 14.2 Å². The van der Waals surface area contributed by atoms with E-state index in [9.17, 15) is 9.59 Å². The summed E-state index contributed by atoms with van der Waals surface area (Å²) in [5, 5.41) is 0. The van der Waals surface area contributed by atoms with Gasteiger partial charge in [-0.25, -0.2) is 9.79 Å². The predicted octanol–water partition coefficient (Wildman–Crippen LogP) is 4.18. The van der Waals surface area contributed by atoms with Gasteiger partial charge in [-0.3, -0.25) is 9.36 Å². The monoisotopic (exact) mass is 668 g/mol. The number of esters is 1. The molecule has 35 heavy (non-hydrogen) atoms. The van der Waals surface area contributed by atoms with E-state index in [0.29, 0.717) is 42.1 Å². The quantitative estimate of drug-likeness (QED) is 0.291. The van der Waals surface area contributed by atoms with Gasteiger partial charge in [0.2, 0.25) is 0 Å². The fourth-order valence-corrected chi connectivity index (χ4v) is 5.82. The van der Waals surface area contributed by atoms with E-state index in [0.717, 1.165) is 9.13 Å². The maximum Gasteiger partial charge on any atom is 0.338 e. The van der Waals surface area contributed by atoms with E-state index in [-0.39, 0.29) is 12.2 Å². The molecule has 10 heteroatoms. The van der Waals surface area contributed by atoms with Crippen LogP contribution in [0.25, 0.3) is 6.08 Å². The van der Waals surface area contributed by atoms with E-state index in [4.69, 9.17) is 14.2 Å². The summed E-state index contributed by atoms with van der Waals surface area (Å²) in [6.07, 6.45) is 1.84. The highest BCUT2D eigenvalue weighted by molar-refractivity contribution is 14.1. The molecule has 0 N–H and O–H groups in total. The van der Waals surface area contributed by atoms with Gasteiger partial charge in [-0.2, -0.15) is 0 Å². The molecule has 0 aliphatic carbocycles. The van der Waals surface area contributed by atoms with Gasteiger partial charge in [-0.05, 0) is 77.9 Å². The minimum atomic E-state index is -0.765. The molecular weight excluding hydrogens is 647 g/mol. The molecule has 0 unspecified atom stereocenters. The molecule has 0 radical (unpaired) electrons. The third-order valence-electron chi connectivity index (χ3n) is 5.48. The van der Waals surface area contributed by atoms with Crippen LogP contribution in [-0.4, -0.2) is 31.4 Å². The molecule has 182 valence electrons. The number of hydrogen-bond acceptors (Lipinski definition) is 7. The summed E-state index contributed by atoms with van der Waals surface area (Å²) in [4.78, 5) is 31.9. The number of fused-ring (bicyclic) bond motifs is 1. The van der Waals surface area contributed by atoms with Gasteiger partial charge in [0.25, 0.3) is 5.56 Å². The van der Waals surface area contributed by atoms with E-state index in [1.54, 1.807) is 37.7 Å². The zero-order chi connectivity index (χ0) is 25.3. The molecule has 0 saturated carbocycles. The molecular formula is C25H22BrIN2O5S. The Bertz CT molecular complexity index is 1510. The Balaban J connectivity index is 2.01. The van der Waals surface area contributed by atoms with Gasteiger partial charge in [0.1, 0.15) is 0 Å². The van der Waals surface area contributed by atoms with Crippen LogP contribution >= 0.6 is 49.9 Å².